The molecule has 0 atom stereocenters. The molecule has 3 rings (SSSR count). The first-order valence-electron chi connectivity index (χ1n) is 8.75. The molecule has 150 valence electrons. The summed E-state index contributed by atoms with van der Waals surface area (Å²) >= 11 is 0. The smallest absolute Gasteiger partial charge is 0.294 e. The van der Waals surface area contributed by atoms with Crippen molar-refractivity contribution in [3.05, 3.63) is 83.4 Å². The van der Waals surface area contributed by atoms with Gasteiger partial charge in [-0.3, -0.25) is 9.35 Å². The Hall–Kier alpha value is -3.16. The summed E-state index contributed by atoms with van der Waals surface area (Å²) in [6.45, 7) is 4.11. The van der Waals surface area contributed by atoms with Crippen LogP contribution in [0.1, 0.15) is 35.3 Å². The summed E-state index contributed by atoms with van der Waals surface area (Å²) in [5.74, 6) is 0.766. The molecule has 0 aliphatic carbocycles. The van der Waals surface area contributed by atoms with Crippen molar-refractivity contribution in [1.29, 1.82) is 0 Å². The van der Waals surface area contributed by atoms with Gasteiger partial charge in [0.25, 0.3) is 10.1 Å². The topological polar surface area (TPSA) is 101 Å². The summed E-state index contributed by atoms with van der Waals surface area (Å²) in [5, 5.41) is 9.49. The van der Waals surface area contributed by atoms with Gasteiger partial charge in [-0.05, 0) is 47.5 Å². The molecule has 0 saturated carbocycles. The van der Waals surface area contributed by atoms with Crippen molar-refractivity contribution in [3.63, 3.8) is 0 Å². The van der Waals surface area contributed by atoms with Crippen LogP contribution >= 0.6 is 0 Å². The van der Waals surface area contributed by atoms with E-state index in [1.54, 1.807) is 24.3 Å². The van der Waals surface area contributed by atoms with Gasteiger partial charge in [-0.1, -0.05) is 38.1 Å². The summed E-state index contributed by atoms with van der Waals surface area (Å²) < 4.78 is 37.7. The average Bonchev–Trinajstić information content (AvgIpc) is 2.68. The van der Waals surface area contributed by atoms with E-state index in [1.165, 1.54) is 6.07 Å². The van der Waals surface area contributed by atoms with Gasteiger partial charge in [0.2, 0.25) is 0 Å². The lowest BCUT2D eigenvalue weighted by molar-refractivity contribution is 0.112. The van der Waals surface area contributed by atoms with E-state index in [4.69, 9.17) is 4.74 Å². The van der Waals surface area contributed by atoms with Crippen LogP contribution < -0.4 is 4.74 Å². The van der Waals surface area contributed by atoms with Gasteiger partial charge in [0.05, 0.1) is 4.90 Å². The minimum atomic E-state index is -4.47. The largest absolute Gasteiger partial charge is 0.508 e. The summed E-state index contributed by atoms with van der Waals surface area (Å²) in [6.07, 6.45) is 0.477. The normalized spacial score (nSPS) is 11.8. The fourth-order valence-electron chi connectivity index (χ4n) is 2.99. The van der Waals surface area contributed by atoms with Gasteiger partial charge in [0.1, 0.15) is 23.5 Å². The summed E-state index contributed by atoms with van der Waals surface area (Å²) in [4.78, 5) is 10.6. The monoisotopic (exact) mass is 412 g/mol. The number of ether oxygens (including phenoxy) is 1. The van der Waals surface area contributed by atoms with Crippen LogP contribution in [-0.4, -0.2) is 24.4 Å². The molecule has 7 heteroatoms. The highest BCUT2D eigenvalue weighted by molar-refractivity contribution is 7.85. The van der Waals surface area contributed by atoms with E-state index in [0.29, 0.717) is 12.0 Å². The molecule has 0 amide bonds. The van der Waals surface area contributed by atoms with Gasteiger partial charge in [-0.15, -0.1) is 0 Å². The summed E-state index contributed by atoms with van der Waals surface area (Å²) in [7, 11) is -4.47. The quantitative estimate of drug-likeness (QED) is 0.454. The fourth-order valence-corrected chi connectivity index (χ4v) is 3.54. The minimum Gasteiger partial charge on any atom is -0.508 e. The summed E-state index contributed by atoms with van der Waals surface area (Å²) in [5.41, 5.74) is 1.79. The SMILES string of the molecule is CC(C)(c1ccc(O)cc1)c1ccc(Oc2cc(C=O)cc(S(=O)(=O)O)c2)cc1. The number of aromatic hydroxyl groups is 1. The first kappa shape index (κ1) is 20.6. The highest BCUT2D eigenvalue weighted by Gasteiger charge is 2.23. The van der Waals surface area contributed by atoms with E-state index >= 15 is 0 Å². The lowest BCUT2D eigenvalue weighted by Gasteiger charge is -2.26. The highest BCUT2D eigenvalue weighted by Crippen LogP contribution is 2.34. The molecular weight excluding hydrogens is 392 g/mol. The van der Waals surface area contributed by atoms with Crippen molar-refractivity contribution in [1.82, 2.24) is 0 Å². The van der Waals surface area contributed by atoms with E-state index in [2.05, 4.69) is 13.8 Å². The second-order valence-electron chi connectivity index (χ2n) is 7.13. The van der Waals surface area contributed by atoms with Crippen LogP contribution in [0, 0.1) is 0 Å². The van der Waals surface area contributed by atoms with Gasteiger partial charge in [0.15, 0.2) is 0 Å². The Labute approximate surface area is 169 Å². The Kier molecular flexibility index (Phi) is 5.46. The fraction of sp³-hybridized carbons (Fsp3) is 0.136. The third-order valence-electron chi connectivity index (χ3n) is 4.74. The zero-order valence-electron chi connectivity index (χ0n) is 15.9. The van der Waals surface area contributed by atoms with Crippen molar-refractivity contribution in [2.45, 2.75) is 24.2 Å². The molecule has 0 fully saturated rings. The molecule has 0 bridgehead atoms. The van der Waals surface area contributed by atoms with E-state index in [-0.39, 0.29) is 22.5 Å². The number of hydrogen-bond donors (Lipinski definition) is 2. The van der Waals surface area contributed by atoms with Crippen molar-refractivity contribution in [3.8, 4) is 17.2 Å². The number of carbonyl (C=O) groups is 1. The first-order valence-corrected chi connectivity index (χ1v) is 10.2. The zero-order valence-corrected chi connectivity index (χ0v) is 16.7. The lowest BCUT2D eigenvalue weighted by atomic mass is 9.78. The summed E-state index contributed by atoms with van der Waals surface area (Å²) in [6, 6.07) is 17.8. The van der Waals surface area contributed by atoms with Crippen molar-refractivity contribution in [2.75, 3.05) is 0 Å². The van der Waals surface area contributed by atoms with Gasteiger partial charge in [-0.25, -0.2) is 0 Å². The molecule has 0 aliphatic rings. The zero-order chi connectivity index (χ0) is 21.2. The molecule has 0 spiro atoms. The number of benzene rings is 3. The third-order valence-corrected chi connectivity index (χ3v) is 5.57. The van der Waals surface area contributed by atoms with E-state index < -0.39 is 15.0 Å². The Morgan fingerprint density at radius 3 is 1.93 bits per heavy atom. The molecule has 0 aliphatic heterocycles. The molecule has 2 N–H and O–H groups in total. The van der Waals surface area contributed by atoms with E-state index in [1.807, 2.05) is 24.3 Å². The number of rotatable bonds is 6. The maximum absolute atomic E-state index is 11.4. The number of phenolic OH excluding ortho intramolecular Hbond substituents is 1. The molecule has 0 unspecified atom stereocenters. The third kappa shape index (κ3) is 4.64. The van der Waals surface area contributed by atoms with Crippen LogP contribution in [0.25, 0.3) is 0 Å². The van der Waals surface area contributed by atoms with Crippen molar-refractivity contribution in [2.24, 2.45) is 0 Å². The minimum absolute atomic E-state index is 0.0696. The van der Waals surface area contributed by atoms with Crippen LogP contribution in [-0.2, 0) is 15.5 Å². The maximum Gasteiger partial charge on any atom is 0.294 e. The van der Waals surface area contributed by atoms with Gasteiger partial charge < -0.3 is 9.84 Å². The van der Waals surface area contributed by atoms with Gasteiger partial charge in [-0.2, -0.15) is 8.42 Å². The highest BCUT2D eigenvalue weighted by atomic mass is 32.2. The van der Waals surface area contributed by atoms with Crippen LogP contribution in [0.15, 0.2) is 71.6 Å². The molecule has 0 radical (unpaired) electrons. The molecule has 0 aromatic heterocycles. The molecule has 0 heterocycles. The van der Waals surface area contributed by atoms with Crippen LogP contribution in [0.3, 0.4) is 0 Å². The average molecular weight is 412 g/mol. The molecule has 3 aromatic rings. The number of carbonyl (C=O) groups excluding carboxylic acids is 1. The van der Waals surface area contributed by atoms with E-state index in [0.717, 1.165) is 23.3 Å². The Morgan fingerprint density at radius 2 is 1.41 bits per heavy atom. The lowest BCUT2D eigenvalue weighted by Crippen LogP contribution is -2.18. The Morgan fingerprint density at radius 1 is 0.862 bits per heavy atom. The molecule has 0 saturated heterocycles. The van der Waals surface area contributed by atoms with Gasteiger partial charge >= 0.3 is 0 Å². The maximum atomic E-state index is 11.4. The number of phenols is 1. The van der Waals surface area contributed by atoms with Crippen molar-refractivity contribution >= 4 is 16.4 Å². The Bertz CT molecular complexity index is 1130. The Balaban J connectivity index is 1.88. The molecule has 29 heavy (non-hydrogen) atoms. The number of aldehydes is 1. The van der Waals surface area contributed by atoms with Crippen LogP contribution in [0.2, 0.25) is 0 Å². The first-order chi connectivity index (χ1) is 13.6. The van der Waals surface area contributed by atoms with Crippen molar-refractivity contribution < 1.29 is 27.6 Å². The van der Waals surface area contributed by atoms with Crippen LogP contribution in [0.5, 0.6) is 17.2 Å². The predicted molar refractivity (Wildman–Crippen MR) is 108 cm³/mol. The predicted octanol–water partition coefficient (Wildman–Crippen LogP) is 4.57. The van der Waals surface area contributed by atoms with Gasteiger partial charge in [0, 0.05) is 17.0 Å². The number of hydrogen-bond acceptors (Lipinski definition) is 5. The van der Waals surface area contributed by atoms with Crippen LogP contribution in [0.4, 0.5) is 0 Å². The molecule has 3 aromatic carbocycles. The molecular formula is C22H20O6S. The second kappa shape index (κ2) is 7.69. The second-order valence-corrected chi connectivity index (χ2v) is 8.55. The van der Waals surface area contributed by atoms with E-state index in [9.17, 15) is 22.9 Å². The molecule has 6 nitrogen and oxygen atoms in total. The standard InChI is InChI=1S/C22H20O6S/c1-22(2,16-3-7-18(24)8-4-16)17-5-9-19(10-6-17)28-20-11-15(14-23)12-21(13-20)29(25,26)27/h3-14,24H,1-2H3,(H,25,26,27).